The molecule has 0 aliphatic heterocycles. The fourth-order valence-electron chi connectivity index (χ4n) is 1.67. The quantitative estimate of drug-likeness (QED) is 0.884. The molecule has 0 saturated heterocycles. The highest BCUT2D eigenvalue weighted by Crippen LogP contribution is 2.26. The number of anilines is 1. The van der Waals surface area contributed by atoms with Crippen LogP contribution in [-0.2, 0) is 11.8 Å². The second kappa shape index (κ2) is 5.05. The number of carbonyl (C=O) groups is 1. The molecule has 1 heterocycles. The first-order valence-corrected chi connectivity index (χ1v) is 5.61. The molecule has 2 aromatic rings. The number of aryl methyl sites for hydroxylation is 1. The molecule has 0 atom stereocenters. The third-order valence-electron chi connectivity index (χ3n) is 2.81. The van der Waals surface area contributed by atoms with E-state index in [2.05, 4.69) is 4.98 Å². The molecule has 21 heavy (non-hydrogen) atoms. The zero-order valence-electron chi connectivity index (χ0n) is 10.6. The van der Waals surface area contributed by atoms with Gasteiger partial charge in [-0.05, 0) is 18.2 Å². The normalized spacial score (nSPS) is 11.7. The van der Waals surface area contributed by atoms with E-state index in [4.69, 9.17) is 5.26 Å². The van der Waals surface area contributed by atoms with E-state index in [1.54, 1.807) is 5.32 Å². The lowest BCUT2D eigenvalue weighted by Gasteiger charge is -2.14. The molecule has 0 aliphatic rings. The molecule has 0 saturated carbocycles. The zero-order chi connectivity index (χ0) is 15.8. The number of alkyl halides is 4. The van der Waals surface area contributed by atoms with E-state index in [1.807, 2.05) is 6.07 Å². The number of aromatic nitrogens is 2. The van der Waals surface area contributed by atoms with Crippen LogP contribution in [-0.4, -0.2) is 27.8 Å². The van der Waals surface area contributed by atoms with Crippen LogP contribution in [0.3, 0.4) is 0 Å². The van der Waals surface area contributed by atoms with Crippen molar-refractivity contribution in [3.63, 3.8) is 0 Å². The highest BCUT2D eigenvalue weighted by molar-refractivity contribution is 5.96. The number of imidazole rings is 1. The fourth-order valence-corrected chi connectivity index (χ4v) is 1.67. The van der Waals surface area contributed by atoms with Crippen LogP contribution in [0.15, 0.2) is 18.2 Å². The van der Waals surface area contributed by atoms with Crippen molar-refractivity contribution in [2.75, 3.05) is 5.32 Å². The standard InChI is InChI=1S/C12H8F4N4O/c1-20-8-3-2-6(5-17)4-7(8)18-11(20)19-10(21)12(15,16)9(13)14/h2-4,9H,1H3,(H,18,19,21). The number of carbonyl (C=O) groups excluding carboxylic acids is 1. The SMILES string of the molecule is Cn1c(NC(=O)C(F)(F)C(F)F)nc2cc(C#N)ccc21. The van der Waals surface area contributed by atoms with E-state index in [0.29, 0.717) is 5.52 Å². The van der Waals surface area contributed by atoms with Crippen LogP contribution < -0.4 is 5.32 Å². The van der Waals surface area contributed by atoms with Gasteiger partial charge >= 0.3 is 18.3 Å². The fraction of sp³-hybridized carbons (Fsp3) is 0.250. The zero-order valence-corrected chi connectivity index (χ0v) is 10.6. The van der Waals surface area contributed by atoms with Crippen molar-refractivity contribution >= 4 is 22.9 Å². The van der Waals surface area contributed by atoms with Gasteiger partial charge in [-0.2, -0.15) is 14.0 Å². The molecule has 2 rings (SSSR count). The third kappa shape index (κ3) is 2.52. The Hall–Kier alpha value is -2.63. The molecule has 1 amide bonds. The van der Waals surface area contributed by atoms with Gasteiger partial charge in [-0.3, -0.25) is 10.1 Å². The molecule has 1 aromatic carbocycles. The molecule has 0 unspecified atom stereocenters. The van der Waals surface area contributed by atoms with Crippen molar-refractivity contribution in [1.29, 1.82) is 5.26 Å². The maximum atomic E-state index is 12.9. The minimum atomic E-state index is -4.81. The van der Waals surface area contributed by atoms with Gasteiger partial charge in [0.1, 0.15) is 0 Å². The Morgan fingerprint density at radius 3 is 2.71 bits per heavy atom. The predicted molar refractivity (Wildman–Crippen MR) is 65.0 cm³/mol. The lowest BCUT2D eigenvalue weighted by molar-refractivity contribution is -0.163. The van der Waals surface area contributed by atoms with Gasteiger partial charge in [0, 0.05) is 7.05 Å². The highest BCUT2D eigenvalue weighted by atomic mass is 19.3. The summed E-state index contributed by atoms with van der Waals surface area (Å²) in [5.74, 6) is -7.27. The number of rotatable bonds is 3. The third-order valence-corrected chi connectivity index (χ3v) is 2.81. The van der Waals surface area contributed by atoms with Gasteiger partial charge in [0.25, 0.3) is 0 Å². The van der Waals surface area contributed by atoms with Crippen LogP contribution in [0.2, 0.25) is 0 Å². The summed E-state index contributed by atoms with van der Waals surface area (Å²) in [5.41, 5.74) is 1.01. The van der Waals surface area contributed by atoms with Gasteiger partial charge in [-0.1, -0.05) is 0 Å². The van der Waals surface area contributed by atoms with Crippen LogP contribution in [0.25, 0.3) is 11.0 Å². The molecule has 0 aliphatic carbocycles. The second-order valence-electron chi connectivity index (χ2n) is 4.19. The van der Waals surface area contributed by atoms with E-state index in [0.717, 1.165) is 0 Å². The van der Waals surface area contributed by atoms with Crippen LogP contribution >= 0.6 is 0 Å². The molecular formula is C12H8F4N4O. The summed E-state index contributed by atoms with van der Waals surface area (Å²) in [7, 11) is 1.41. The summed E-state index contributed by atoms with van der Waals surface area (Å²) >= 11 is 0. The smallest absolute Gasteiger partial charge is 0.313 e. The van der Waals surface area contributed by atoms with Crippen LogP contribution in [0, 0.1) is 11.3 Å². The summed E-state index contributed by atoms with van der Waals surface area (Å²) in [6, 6.07) is 6.23. The van der Waals surface area contributed by atoms with Gasteiger partial charge in [-0.25, -0.2) is 13.8 Å². The molecule has 0 fully saturated rings. The van der Waals surface area contributed by atoms with Crippen LogP contribution in [0.4, 0.5) is 23.5 Å². The highest BCUT2D eigenvalue weighted by Gasteiger charge is 2.49. The number of hydrogen-bond donors (Lipinski definition) is 1. The number of nitrogens with one attached hydrogen (secondary N) is 1. The van der Waals surface area contributed by atoms with Crippen LogP contribution in [0.5, 0.6) is 0 Å². The molecule has 1 aromatic heterocycles. The minimum Gasteiger partial charge on any atom is -0.313 e. The average molecular weight is 300 g/mol. The van der Waals surface area contributed by atoms with E-state index in [9.17, 15) is 22.4 Å². The maximum Gasteiger partial charge on any atom is 0.383 e. The predicted octanol–water partition coefficient (Wildman–Crippen LogP) is 2.28. The number of benzene rings is 1. The molecule has 9 heteroatoms. The Kier molecular flexibility index (Phi) is 3.55. The number of nitrogens with zero attached hydrogens (tertiary/aromatic N) is 3. The Balaban J connectivity index is 2.38. The van der Waals surface area contributed by atoms with Crippen molar-refractivity contribution in [1.82, 2.24) is 9.55 Å². The van der Waals surface area contributed by atoms with Gasteiger partial charge in [0.2, 0.25) is 5.95 Å². The Labute approximate surface area is 115 Å². The van der Waals surface area contributed by atoms with Crippen molar-refractivity contribution in [3.05, 3.63) is 23.8 Å². The van der Waals surface area contributed by atoms with Crippen molar-refractivity contribution in [3.8, 4) is 6.07 Å². The van der Waals surface area contributed by atoms with Gasteiger partial charge in [0.05, 0.1) is 22.7 Å². The van der Waals surface area contributed by atoms with Crippen molar-refractivity contribution < 1.29 is 22.4 Å². The number of nitriles is 1. The van der Waals surface area contributed by atoms with Gasteiger partial charge in [-0.15, -0.1) is 0 Å². The molecule has 0 spiro atoms. The molecule has 110 valence electrons. The molecular weight excluding hydrogens is 292 g/mol. The summed E-state index contributed by atoms with van der Waals surface area (Å²) in [4.78, 5) is 15.0. The van der Waals surface area contributed by atoms with E-state index in [1.165, 1.54) is 29.8 Å². The Morgan fingerprint density at radius 1 is 1.48 bits per heavy atom. The summed E-state index contributed by atoms with van der Waals surface area (Å²) < 4.78 is 51.2. The summed E-state index contributed by atoms with van der Waals surface area (Å²) in [6.45, 7) is 0. The van der Waals surface area contributed by atoms with Crippen LogP contribution in [0.1, 0.15) is 5.56 Å². The molecule has 0 bridgehead atoms. The lowest BCUT2D eigenvalue weighted by atomic mass is 10.2. The Bertz CT molecular complexity index is 748. The van der Waals surface area contributed by atoms with E-state index >= 15 is 0 Å². The molecule has 0 radical (unpaired) electrons. The Morgan fingerprint density at radius 2 is 2.14 bits per heavy atom. The van der Waals surface area contributed by atoms with E-state index < -0.39 is 18.3 Å². The number of amides is 1. The summed E-state index contributed by atoms with van der Waals surface area (Å²) in [6.07, 6.45) is -4.11. The number of fused-ring (bicyclic) bond motifs is 1. The summed E-state index contributed by atoms with van der Waals surface area (Å²) in [5, 5.41) is 10.4. The number of halogens is 4. The lowest BCUT2D eigenvalue weighted by Crippen LogP contribution is -2.41. The maximum absolute atomic E-state index is 12.9. The topological polar surface area (TPSA) is 70.7 Å². The molecule has 1 N–H and O–H groups in total. The monoisotopic (exact) mass is 300 g/mol. The largest absolute Gasteiger partial charge is 0.383 e. The first-order valence-electron chi connectivity index (χ1n) is 5.61. The average Bonchev–Trinajstić information content (AvgIpc) is 2.74. The van der Waals surface area contributed by atoms with Gasteiger partial charge in [0.15, 0.2) is 0 Å². The first kappa shape index (κ1) is 14.8. The van der Waals surface area contributed by atoms with Crippen molar-refractivity contribution in [2.45, 2.75) is 12.3 Å². The van der Waals surface area contributed by atoms with E-state index in [-0.39, 0.29) is 17.0 Å². The second-order valence-corrected chi connectivity index (χ2v) is 4.19. The van der Waals surface area contributed by atoms with Crippen molar-refractivity contribution in [2.24, 2.45) is 7.05 Å². The number of hydrogen-bond acceptors (Lipinski definition) is 3. The minimum absolute atomic E-state index is 0.271. The molecule has 5 nitrogen and oxygen atoms in total. The van der Waals surface area contributed by atoms with Gasteiger partial charge < -0.3 is 4.57 Å². The first-order chi connectivity index (χ1) is 9.77.